The number of halogens is 5. The van der Waals surface area contributed by atoms with E-state index in [1.54, 1.807) is 30.3 Å². The predicted molar refractivity (Wildman–Crippen MR) is 96.9 cm³/mol. The van der Waals surface area contributed by atoms with Crippen molar-refractivity contribution in [1.82, 2.24) is 5.32 Å². The van der Waals surface area contributed by atoms with Gasteiger partial charge in [0.05, 0.1) is 4.48 Å². The number of benzene rings is 2. The Hall–Kier alpha value is -2.35. The van der Waals surface area contributed by atoms with Gasteiger partial charge in [0.1, 0.15) is 12.6 Å². The third kappa shape index (κ3) is 4.88. The van der Waals surface area contributed by atoms with Crippen LogP contribution in [-0.4, -0.2) is 17.9 Å². The zero-order chi connectivity index (χ0) is 20.1. The summed E-state index contributed by atoms with van der Waals surface area (Å²) < 4.78 is 61.1. The Morgan fingerprint density at radius 3 is 2.07 bits per heavy atom. The quantitative estimate of drug-likeness (QED) is 0.544. The van der Waals surface area contributed by atoms with Crippen molar-refractivity contribution in [2.75, 3.05) is 0 Å². The maximum Gasteiger partial charge on any atom is 0.408 e. The molecule has 0 fully saturated rings. The molecule has 2 aromatic carbocycles. The zero-order valence-corrected chi connectivity index (χ0v) is 15.6. The second-order valence-corrected chi connectivity index (χ2v) is 6.61. The molecule has 0 saturated carbocycles. The normalized spacial score (nSPS) is 12.9. The van der Waals surface area contributed by atoms with E-state index in [-0.39, 0.29) is 12.2 Å². The van der Waals surface area contributed by atoms with Crippen LogP contribution in [0.15, 0.2) is 71.7 Å². The first-order valence-electron chi connectivity index (χ1n) is 7.79. The molecule has 8 heteroatoms. The van der Waals surface area contributed by atoms with E-state index in [0.717, 1.165) is 0 Å². The lowest BCUT2D eigenvalue weighted by molar-refractivity contribution is -0.198. The van der Waals surface area contributed by atoms with Gasteiger partial charge < -0.3 is 10.1 Å². The van der Waals surface area contributed by atoms with Crippen LogP contribution < -0.4 is 5.32 Å². The Morgan fingerprint density at radius 1 is 1.04 bits per heavy atom. The van der Waals surface area contributed by atoms with Crippen LogP contribution in [-0.2, 0) is 11.3 Å². The highest BCUT2D eigenvalue weighted by atomic mass is 79.9. The zero-order valence-electron chi connectivity index (χ0n) is 14.0. The molecule has 0 saturated heterocycles. The minimum absolute atomic E-state index is 0.193. The third-order valence-corrected chi connectivity index (χ3v) is 4.23. The molecular weight excluding hydrogens is 430 g/mol. The number of alkyl halides is 4. The highest BCUT2D eigenvalue weighted by molar-refractivity contribution is 9.11. The Kier molecular flexibility index (Phi) is 6.64. The van der Waals surface area contributed by atoms with Crippen LogP contribution in [0.2, 0.25) is 0 Å². The standard InChI is InChI=1S/C19H16BrF4NO2/c1-13(20)18(21,22)19(23,24)16(15-10-6-3-7-11-15)25-17(26)27-12-14-8-4-2-5-9-14/h2-11,16H,1,12H2,(H,25,26). The molecule has 3 nitrogen and oxygen atoms in total. The summed E-state index contributed by atoms with van der Waals surface area (Å²) in [5, 5.41) is 1.85. The van der Waals surface area contributed by atoms with Gasteiger partial charge in [-0.05, 0) is 27.1 Å². The lowest BCUT2D eigenvalue weighted by Gasteiger charge is -2.33. The number of allylic oxidation sites excluding steroid dienone is 1. The minimum atomic E-state index is -4.67. The van der Waals surface area contributed by atoms with Crippen molar-refractivity contribution in [3.8, 4) is 0 Å². The van der Waals surface area contributed by atoms with Crippen molar-refractivity contribution < 1.29 is 27.1 Å². The van der Waals surface area contributed by atoms with Gasteiger partial charge in [-0.1, -0.05) is 67.2 Å². The first-order valence-corrected chi connectivity index (χ1v) is 8.58. The molecule has 0 heterocycles. The summed E-state index contributed by atoms with van der Waals surface area (Å²) in [6.07, 6.45) is -1.25. The number of rotatable bonds is 7. The SMILES string of the molecule is C=C(Br)C(F)(F)C(F)(F)C(NC(=O)OCc1ccccc1)c1ccccc1. The highest BCUT2D eigenvalue weighted by Crippen LogP contribution is 2.48. The first kappa shape index (κ1) is 21.0. The van der Waals surface area contributed by atoms with Crippen LogP contribution in [0.25, 0.3) is 0 Å². The molecule has 1 N–H and O–H groups in total. The van der Waals surface area contributed by atoms with Crippen molar-refractivity contribution >= 4 is 22.0 Å². The molecular formula is C19H16BrF4NO2. The third-order valence-electron chi connectivity index (χ3n) is 3.73. The van der Waals surface area contributed by atoms with Crippen molar-refractivity contribution in [3.63, 3.8) is 0 Å². The van der Waals surface area contributed by atoms with E-state index >= 15 is 0 Å². The number of hydrogen-bond acceptors (Lipinski definition) is 2. The molecule has 0 aromatic heterocycles. The van der Waals surface area contributed by atoms with Crippen molar-refractivity contribution in [1.29, 1.82) is 0 Å². The van der Waals surface area contributed by atoms with E-state index in [1.165, 1.54) is 30.3 Å². The lowest BCUT2D eigenvalue weighted by Crippen LogP contribution is -2.51. The number of nitrogens with one attached hydrogen (secondary N) is 1. The summed E-state index contributed by atoms with van der Waals surface area (Å²) in [5.41, 5.74) is 0.419. The maximum absolute atomic E-state index is 14.6. The summed E-state index contributed by atoms with van der Waals surface area (Å²) in [7, 11) is 0. The van der Waals surface area contributed by atoms with Crippen LogP contribution in [0.4, 0.5) is 22.4 Å². The van der Waals surface area contributed by atoms with E-state index in [2.05, 4.69) is 22.5 Å². The van der Waals surface area contributed by atoms with Crippen molar-refractivity contribution in [2.24, 2.45) is 0 Å². The van der Waals surface area contributed by atoms with Crippen LogP contribution in [0.3, 0.4) is 0 Å². The average molecular weight is 446 g/mol. The average Bonchev–Trinajstić information content (AvgIpc) is 2.65. The Labute approximate surface area is 162 Å². The van der Waals surface area contributed by atoms with Gasteiger partial charge in [0, 0.05) is 0 Å². The summed E-state index contributed by atoms with van der Waals surface area (Å²) in [6, 6.07) is 12.9. The van der Waals surface area contributed by atoms with Crippen LogP contribution in [0.1, 0.15) is 17.2 Å². The van der Waals surface area contributed by atoms with Gasteiger partial charge in [0.25, 0.3) is 0 Å². The summed E-state index contributed by atoms with van der Waals surface area (Å²) in [5.74, 6) is -9.28. The fourth-order valence-electron chi connectivity index (χ4n) is 2.27. The first-order chi connectivity index (χ1) is 12.7. The molecule has 1 amide bonds. The molecule has 0 aliphatic heterocycles. The van der Waals surface area contributed by atoms with Gasteiger partial charge >= 0.3 is 17.9 Å². The number of alkyl carbamates (subject to hydrolysis) is 1. The number of carbonyl (C=O) groups is 1. The second kappa shape index (κ2) is 8.56. The van der Waals surface area contributed by atoms with Gasteiger partial charge in [-0.15, -0.1) is 0 Å². The summed E-state index contributed by atoms with van der Waals surface area (Å²) in [6.45, 7) is 2.67. The Bertz CT molecular complexity index is 785. The van der Waals surface area contributed by atoms with Gasteiger partial charge in [0.2, 0.25) is 0 Å². The number of ether oxygens (including phenoxy) is 1. The van der Waals surface area contributed by atoms with Crippen LogP contribution in [0.5, 0.6) is 0 Å². The van der Waals surface area contributed by atoms with Gasteiger partial charge in [0.15, 0.2) is 0 Å². The Morgan fingerprint density at radius 2 is 1.56 bits per heavy atom. The van der Waals surface area contributed by atoms with E-state index in [0.29, 0.717) is 5.56 Å². The van der Waals surface area contributed by atoms with Crippen LogP contribution in [0, 0.1) is 0 Å². The second-order valence-electron chi connectivity index (χ2n) is 5.65. The number of amides is 1. The largest absolute Gasteiger partial charge is 0.445 e. The minimum Gasteiger partial charge on any atom is -0.445 e. The molecule has 27 heavy (non-hydrogen) atoms. The summed E-state index contributed by atoms with van der Waals surface area (Å²) in [4.78, 5) is 12.0. The van der Waals surface area contributed by atoms with Crippen LogP contribution >= 0.6 is 15.9 Å². The fraction of sp³-hybridized carbons (Fsp3) is 0.211. The van der Waals surface area contributed by atoms with Crippen molar-refractivity contribution in [3.05, 3.63) is 82.9 Å². The molecule has 2 rings (SSSR count). The molecule has 1 atom stereocenters. The van der Waals surface area contributed by atoms with Gasteiger partial charge in [-0.3, -0.25) is 0 Å². The molecule has 0 spiro atoms. The fourth-order valence-corrected chi connectivity index (χ4v) is 2.54. The number of hydrogen-bond donors (Lipinski definition) is 1. The molecule has 2 aromatic rings. The van der Waals surface area contributed by atoms with E-state index in [1.807, 2.05) is 5.32 Å². The molecule has 0 aliphatic carbocycles. The topological polar surface area (TPSA) is 38.3 Å². The molecule has 0 radical (unpaired) electrons. The maximum atomic E-state index is 14.6. The number of carbonyl (C=O) groups excluding carboxylic acids is 1. The molecule has 144 valence electrons. The van der Waals surface area contributed by atoms with Gasteiger partial charge in [-0.2, -0.15) is 17.6 Å². The summed E-state index contributed by atoms with van der Waals surface area (Å²) >= 11 is 2.33. The lowest BCUT2D eigenvalue weighted by atomic mass is 9.96. The molecule has 1 unspecified atom stereocenters. The predicted octanol–water partition coefficient (Wildman–Crippen LogP) is 5.83. The van der Waals surface area contributed by atoms with E-state index in [9.17, 15) is 22.4 Å². The van der Waals surface area contributed by atoms with Gasteiger partial charge in [-0.25, -0.2) is 4.79 Å². The van der Waals surface area contributed by atoms with E-state index < -0.39 is 28.5 Å². The van der Waals surface area contributed by atoms with E-state index in [4.69, 9.17) is 4.74 Å². The van der Waals surface area contributed by atoms with Crippen molar-refractivity contribution in [2.45, 2.75) is 24.5 Å². The molecule has 0 aliphatic rings. The molecule has 0 bridgehead atoms. The monoisotopic (exact) mass is 445 g/mol. The Balaban J connectivity index is 2.23. The smallest absolute Gasteiger partial charge is 0.408 e. The highest BCUT2D eigenvalue weighted by Gasteiger charge is 2.63.